The quantitative estimate of drug-likeness (QED) is 0.751. The Bertz CT molecular complexity index is 982. The van der Waals surface area contributed by atoms with Crippen molar-refractivity contribution in [2.75, 3.05) is 0 Å². The van der Waals surface area contributed by atoms with Crippen LogP contribution in [0.1, 0.15) is 24.4 Å². The SMILES string of the molecule is Cc1cccc(S(=O)(=O)NC(C)c2ncc(-c3ccc(F)cc3)o2)c1. The Balaban J connectivity index is 1.80. The van der Waals surface area contributed by atoms with Crippen molar-refractivity contribution in [3.05, 3.63) is 72.0 Å². The van der Waals surface area contributed by atoms with Gasteiger partial charge in [-0.15, -0.1) is 0 Å². The van der Waals surface area contributed by atoms with Gasteiger partial charge in [0.25, 0.3) is 0 Å². The van der Waals surface area contributed by atoms with Crippen molar-refractivity contribution >= 4 is 10.0 Å². The van der Waals surface area contributed by atoms with Crippen molar-refractivity contribution in [1.29, 1.82) is 0 Å². The van der Waals surface area contributed by atoms with Crippen LogP contribution in [0.15, 0.2) is 64.0 Å². The Morgan fingerprint density at radius 3 is 2.56 bits per heavy atom. The molecule has 1 aromatic heterocycles. The van der Waals surface area contributed by atoms with E-state index in [0.29, 0.717) is 11.3 Å². The molecule has 3 rings (SSSR count). The van der Waals surface area contributed by atoms with Crippen molar-refractivity contribution in [3.8, 4) is 11.3 Å². The van der Waals surface area contributed by atoms with E-state index >= 15 is 0 Å². The van der Waals surface area contributed by atoms with Gasteiger partial charge < -0.3 is 4.42 Å². The van der Waals surface area contributed by atoms with Crippen LogP contribution < -0.4 is 4.72 Å². The van der Waals surface area contributed by atoms with Crippen LogP contribution in [0.5, 0.6) is 0 Å². The molecule has 0 fully saturated rings. The van der Waals surface area contributed by atoms with Gasteiger partial charge >= 0.3 is 0 Å². The van der Waals surface area contributed by atoms with Gasteiger partial charge in [-0.3, -0.25) is 0 Å². The van der Waals surface area contributed by atoms with E-state index in [0.717, 1.165) is 5.56 Å². The molecule has 0 aliphatic rings. The van der Waals surface area contributed by atoms with Crippen LogP contribution in [-0.4, -0.2) is 13.4 Å². The lowest BCUT2D eigenvalue weighted by atomic mass is 10.2. The molecule has 1 atom stereocenters. The minimum atomic E-state index is -3.69. The lowest BCUT2D eigenvalue weighted by molar-refractivity contribution is 0.452. The van der Waals surface area contributed by atoms with E-state index in [2.05, 4.69) is 9.71 Å². The molecule has 0 amide bonds. The van der Waals surface area contributed by atoms with Crippen LogP contribution in [0.3, 0.4) is 0 Å². The summed E-state index contributed by atoms with van der Waals surface area (Å²) in [5, 5.41) is 0. The fraction of sp³-hybridized carbons (Fsp3) is 0.167. The fourth-order valence-electron chi connectivity index (χ4n) is 2.37. The standard InChI is InChI=1S/C18H17FN2O3S/c1-12-4-3-5-16(10-12)25(22,23)21-13(2)18-20-11-17(24-18)14-6-8-15(19)9-7-14/h3-11,13,21H,1-2H3. The van der Waals surface area contributed by atoms with Gasteiger partial charge in [0, 0.05) is 5.56 Å². The number of hydrogen-bond acceptors (Lipinski definition) is 4. The Morgan fingerprint density at radius 1 is 1.16 bits per heavy atom. The van der Waals surface area contributed by atoms with E-state index in [-0.39, 0.29) is 16.6 Å². The van der Waals surface area contributed by atoms with Crippen molar-refractivity contribution in [2.24, 2.45) is 0 Å². The van der Waals surface area contributed by atoms with E-state index in [9.17, 15) is 12.8 Å². The second-order valence-electron chi connectivity index (χ2n) is 5.73. The second-order valence-corrected chi connectivity index (χ2v) is 7.44. The molecule has 0 bridgehead atoms. The van der Waals surface area contributed by atoms with Gasteiger partial charge in [0.05, 0.1) is 17.1 Å². The zero-order valence-corrected chi connectivity index (χ0v) is 14.5. The summed E-state index contributed by atoms with van der Waals surface area (Å²) < 4.78 is 46.1. The summed E-state index contributed by atoms with van der Waals surface area (Å²) >= 11 is 0. The lowest BCUT2D eigenvalue weighted by Crippen LogP contribution is -2.27. The maximum absolute atomic E-state index is 13.0. The molecular formula is C18H17FN2O3S. The molecule has 0 saturated heterocycles. The van der Waals surface area contributed by atoms with Gasteiger partial charge in [-0.1, -0.05) is 12.1 Å². The first-order chi connectivity index (χ1) is 11.8. The van der Waals surface area contributed by atoms with Gasteiger partial charge in [0.15, 0.2) is 5.76 Å². The van der Waals surface area contributed by atoms with E-state index in [1.54, 1.807) is 31.2 Å². The molecule has 5 nitrogen and oxygen atoms in total. The Kier molecular flexibility index (Phi) is 4.69. The van der Waals surface area contributed by atoms with Crippen molar-refractivity contribution in [1.82, 2.24) is 9.71 Å². The zero-order chi connectivity index (χ0) is 18.0. The van der Waals surface area contributed by atoms with Gasteiger partial charge in [0.1, 0.15) is 5.82 Å². The second kappa shape index (κ2) is 6.78. The Morgan fingerprint density at radius 2 is 1.88 bits per heavy atom. The number of halogens is 1. The summed E-state index contributed by atoms with van der Waals surface area (Å²) in [6.07, 6.45) is 1.49. The molecule has 0 aliphatic heterocycles. The molecule has 130 valence electrons. The minimum absolute atomic E-state index is 0.185. The number of rotatable bonds is 5. The van der Waals surface area contributed by atoms with Crippen LogP contribution in [0.4, 0.5) is 4.39 Å². The average molecular weight is 360 g/mol. The third-order valence-corrected chi connectivity index (χ3v) is 5.19. The van der Waals surface area contributed by atoms with E-state index < -0.39 is 16.1 Å². The fourth-order valence-corrected chi connectivity index (χ4v) is 3.67. The van der Waals surface area contributed by atoms with Gasteiger partial charge in [0.2, 0.25) is 15.9 Å². The van der Waals surface area contributed by atoms with Crippen molar-refractivity contribution in [2.45, 2.75) is 24.8 Å². The summed E-state index contributed by atoms with van der Waals surface area (Å²) in [5.74, 6) is 0.329. The summed E-state index contributed by atoms with van der Waals surface area (Å²) in [4.78, 5) is 4.31. The molecule has 1 heterocycles. The normalized spacial score (nSPS) is 12.9. The van der Waals surface area contributed by atoms with E-state index in [1.165, 1.54) is 24.4 Å². The predicted molar refractivity (Wildman–Crippen MR) is 91.8 cm³/mol. The molecule has 2 aromatic carbocycles. The molecule has 0 spiro atoms. The Hall–Kier alpha value is -2.51. The first-order valence-electron chi connectivity index (χ1n) is 7.66. The molecule has 3 aromatic rings. The highest BCUT2D eigenvalue weighted by Gasteiger charge is 2.21. The lowest BCUT2D eigenvalue weighted by Gasteiger charge is -2.11. The van der Waals surface area contributed by atoms with Crippen LogP contribution in [0.2, 0.25) is 0 Å². The predicted octanol–water partition coefficient (Wildman–Crippen LogP) is 3.83. The maximum atomic E-state index is 13.0. The van der Waals surface area contributed by atoms with Crippen LogP contribution >= 0.6 is 0 Å². The third-order valence-electron chi connectivity index (χ3n) is 3.65. The molecular weight excluding hydrogens is 343 g/mol. The van der Waals surface area contributed by atoms with Gasteiger partial charge in [-0.25, -0.2) is 17.8 Å². The van der Waals surface area contributed by atoms with E-state index in [4.69, 9.17) is 4.42 Å². The molecule has 1 N–H and O–H groups in total. The number of aromatic nitrogens is 1. The molecule has 0 aliphatic carbocycles. The monoisotopic (exact) mass is 360 g/mol. The van der Waals surface area contributed by atoms with Crippen LogP contribution in [-0.2, 0) is 10.0 Å². The number of sulfonamides is 1. The number of hydrogen-bond donors (Lipinski definition) is 1. The first-order valence-corrected chi connectivity index (χ1v) is 9.14. The number of nitrogens with one attached hydrogen (secondary N) is 1. The average Bonchev–Trinajstić information content (AvgIpc) is 3.05. The molecule has 1 unspecified atom stereocenters. The summed E-state index contributed by atoms with van der Waals surface area (Å²) in [6.45, 7) is 3.47. The Labute approximate surface area is 145 Å². The molecule has 0 saturated carbocycles. The summed E-state index contributed by atoms with van der Waals surface area (Å²) in [6, 6.07) is 11.8. The third kappa shape index (κ3) is 3.94. The summed E-state index contributed by atoms with van der Waals surface area (Å²) in [7, 11) is -3.69. The first kappa shape index (κ1) is 17.3. The molecule has 25 heavy (non-hydrogen) atoms. The summed E-state index contributed by atoms with van der Waals surface area (Å²) in [5.41, 5.74) is 1.51. The molecule has 7 heteroatoms. The zero-order valence-electron chi connectivity index (χ0n) is 13.7. The minimum Gasteiger partial charge on any atom is -0.439 e. The van der Waals surface area contributed by atoms with Crippen molar-refractivity contribution in [3.63, 3.8) is 0 Å². The number of nitrogens with zero attached hydrogens (tertiary/aromatic N) is 1. The van der Waals surface area contributed by atoms with Crippen molar-refractivity contribution < 1.29 is 17.2 Å². The highest BCUT2D eigenvalue weighted by Crippen LogP contribution is 2.24. The number of benzene rings is 2. The molecule has 0 radical (unpaired) electrons. The smallest absolute Gasteiger partial charge is 0.241 e. The topological polar surface area (TPSA) is 72.2 Å². The number of oxazole rings is 1. The largest absolute Gasteiger partial charge is 0.439 e. The van der Waals surface area contributed by atoms with Gasteiger partial charge in [-0.2, -0.15) is 4.72 Å². The highest BCUT2D eigenvalue weighted by atomic mass is 32.2. The van der Waals surface area contributed by atoms with Crippen LogP contribution in [0.25, 0.3) is 11.3 Å². The highest BCUT2D eigenvalue weighted by molar-refractivity contribution is 7.89. The van der Waals surface area contributed by atoms with Gasteiger partial charge in [-0.05, 0) is 55.8 Å². The van der Waals surface area contributed by atoms with Crippen LogP contribution in [0, 0.1) is 12.7 Å². The van der Waals surface area contributed by atoms with E-state index in [1.807, 2.05) is 13.0 Å². The maximum Gasteiger partial charge on any atom is 0.241 e. The number of aryl methyl sites for hydroxylation is 1.